The van der Waals surface area contributed by atoms with Gasteiger partial charge in [0.25, 0.3) is 0 Å². The van der Waals surface area contributed by atoms with E-state index in [0.29, 0.717) is 22.8 Å². The quantitative estimate of drug-likeness (QED) is 0.636. The van der Waals surface area contributed by atoms with Gasteiger partial charge in [-0.05, 0) is 37.5 Å². The molecule has 0 radical (unpaired) electrons. The van der Waals surface area contributed by atoms with Gasteiger partial charge in [-0.2, -0.15) is 10.5 Å². The van der Waals surface area contributed by atoms with Gasteiger partial charge in [0.2, 0.25) is 0 Å². The number of nitriles is 2. The fourth-order valence-electron chi connectivity index (χ4n) is 2.21. The number of benzene rings is 1. The fraction of sp³-hybridized carbons (Fsp3) is 0.294. The van der Waals surface area contributed by atoms with Crippen molar-refractivity contribution in [2.75, 3.05) is 0 Å². The van der Waals surface area contributed by atoms with Crippen molar-refractivity contribution in [3.8, 4) is 12.1 Å². The summed E-state index contributed by atoms with van der Waals surface area (Å²) in [6, 6.07) is 11.9. The standard InChI is InChI=1S/C17H14N4S/c1-11-15(9-19)17(21-16(20-11)14-5-6-14)22-10-13-4-2-3-12(7-13)8-18/h2-4,7,14H,5-6,10H2,1H3. The topological polar surface area (TPSA) is 73.4 Å². The molecule has 3 rings (SSSR count). The molecule has 0 unspecified atom stereocenters. The Labute approximate surface area is 133 Å². The van der Waals surface area contributed by atoms with Crippen LogP contribution in [0.4, 0.5) is 0 Å². The summed E-state index contributed by atoms with van der Waals surface area (Å²) in [4.78, 5) is 9.05. The lowest BCUT2D eigenvalue weighted by molar-refractivity contribution is 0.850. The molecule has 1 aromatic heterocycles. The van der Waals surface area contributed by atoms with Crippen molar-refractivity contribution in [2.24, 2.45) is 0 Å². The molecule has 1 aromatic carbocycles. The van der Waals surface area contributed by atoms with Crippen molar-refractivity contribution in [2.45, 2.75) is 36.5 Å². The number of nitrogens with zero attached hydrogens (tertiary/aromatic N) is 4. The smallest absolute Gasteiger partial charge is 0.133 e. The minimum absolute atomic E-state index is 0.465. The van der Waals surface area contributed by atoms with Gasteiger partial charge in [-0.1, -0.05) is 12.1 Å². The fourth-order valence-corrected chi connectivity index (χ4v) is 3.19. The summed E-state index contributed by atoms with van der Waals surface area (Å²) in [5.74, 6) is 2.02. The second-order valence-corrected chi connectivity index (χ2v) is 6.30. The van der Waals surface area contributed by atoms with Crippen molar-refractivity contribution >= 4 is 11.8 Å². The van der Waals surface area contributed by atoms with E-state index in [4.69, 9.17) is 5.26 Å². The van der Waals surface area contributed by atoms with E-state index >= 15 is 0 Å². The van der Waals surface area contributed by atoms with Gasteiger partial charge in [-0.15, -0.1) is 11.8 Å². The van der Waals surface area contributed by atoms with Gasteiger partial charge < -0.3 is 0 Å². The number of hydrogen-bond donors (Lipinski definition) is 0. The molecule has 1 fully saturated rings. The highest BCUT2D eigenvalue weighted by molar-refractivity contribution is 7.98. The van der Waals surface area contributed by atoms with Gasteiger partial charge in [-0.25, -0.2) is 9.97 Å². The van der Waals surface area contributed by atoms with E-state index in [1.54, 1.807) is 6.07 Å². The average Bonchev–Trinajstić information content (AvgIpc) is 3.37. The van der Waals surface area contributed by atoms with Crippen LogP contribution in [0.1, 0.15) is 47.0 Å². The average molecular weight is 306 g/mol. The number of aryl methyl sites for hydroxylation is 1. The van der Waals surface area contributed by atoms with E-state index in [2.05, 4.69) is 22.1 Å². The molecule has 1 saturated carbocycles. The number of rotatable bonds is 4. The SMILES string of the molecule is Cc1nc(C2CC2)nc(SCc2cccc(C#N)c2)c1C#N. The van der Waals surface area contributed by atoms with Gasteiger partial charge in [0.15, 0.2) is 0 Å². The first-order valence-corrected chi connectivity index (χ1v) is 8.10. The molecular weight excluding hydrogens is 292 g/mol. The van der Waals surface area contributed by atoms with Crippen LogP contribution >= 0.6 is 11.8 Å². The molecule has 108 valence electrons. The summed E-state index contributed by atoms with van der Waals surface area (Å²) >= 11 is 1.53. The first-order chi connectivity index (χ1) is 10.7. The van der Waals surface area contributed by atoms with Crippen molar-refractivity contribution in [3.05, 3.63) is 52.5 Å². The Morgan fingerprint density at radius 2 is 2.05 bits per heavy atom. The van der Waals surface area contributed by atoms with Crippen LogP contribution < -0.4 is 0 Å². The zero-order valence-corrected chi connectivity index (χ0v) is 13.0. The van der Waals surface area contributed by atoms with Crippen LogP contribution in [0.3, 0.4) is 0 Å². The maximum absolute atomic E-state index is 9.34. The van der Waals surface area contributed by atoms with Crippen molar-refractivity contribution in [3.63, 3.8) is 0 Å². The molecule has 22 heavy (non-hydrogen) atoms. The van der Waals surface area contributed by atoms with E-state index in [-0.39, 0.29) is 0 Å². The molecule has 0 bridgehead atoms. The molecule has 0 spiro atoms. The minimum Gasteiger partial charge on any atom is -0.236 e. The maximum Gasteiger partial charge on any atom is 0.133 e. The monoisotopic (exact) mass is 306 g/mol. The molecule has 1 aliphatic carbocycles. The summed E-state index contributed by atoms with van der Waals surface area (Å²) in [6.45, 7) is 1.87. The Kier molecular flexibility index (Phi) is 4.09. The van der Waals surface area contributed by atoms with Crippen molar-refractivity contribution < 1.29 is 0 Å². The zero-order valence-electron chi connectivity index (χ0n) is 12.2. The molecular formula is C17H14N4S. The van der Waals surface area contributed by atoms with Crippen LogP contribution in [0.25, 0.3) is 0 Å². The highest BCUT2D eigenvalue weighted by Crippen LogP contribution is 2.39. The Morgan fingerprint density at radius 3 is 2.73 bits per heavy atom. The minimum atomic E-state index is 0.465. The van der Waals surface area contributed by atoms with Gasteiger partial charge in [0.05, 0.1) is 17.3 Å². The van der Waals surface area contributed by atoms with E-state index < -0.39 is 0 Å². The summed E-state index contributed by atoms with van der Waals surface area (Å²) in [5.41, 5.74) is 3.02. The predicted molar refractivity (Wildman–Crippen MR) is 84.2 cm³/mol. The molecule has 0 N–H and O–H groups in total. The Bertz CT molecular complexity index is 797. The van der Waals surface area contributed by atoms with E-state index in [1.807, 2.05) is 25.1 Å². The third-order valence-electron chi connectivity index (χ3n) is 3.56. The van der Waals surface area contributed by atoms with Gasteiger partial charge in [0, 0.05) is 11.7 Å². The van der Waals surface area contributed by atoms with E-state index in [9.17, 15) is 5.26 Å². The normalized spacial score (nSPS) is 13.4. The van der Waals surface area contributed by atoms with Crippen LogP contribution in [-0.4, -0.2) is 9.97 Å². The highest BCUT2D eigenvalue weighted by atomic mass is 32.2. The summed E-state index contributed by atoms with van der Waals surface area (Å²) in [6.07, 6.45) is 2.28. The molecule has 0 saturated heterocycles. The number of hydrogen-bond acceptors (Lipinski definition) is 5. The van der Waals surface area contributed by atoms with Gasteiger partial charge in [0.1, 0.15) is 22.5 Å². The largest absolute Gasteiger partial charge is 0.236 e. The second-order valence-electron chi connectivity index (χ2n) is 5.33. The maximum atomic E-state index is 9.34. The van der Waals surface area contributed by atoms with Gasteiger partial charge >= 0.3 is 0 Å². The molecule has 0 atom stereocenters. The first-order valence-electron chi connectivity index (χ1n) is 7.11. The summed E-state index contributed by atoms with van der Waals surface area (Å²) in [5, 5.41) is 19.0. The second kappa shape index (κ2) is 6.17. The van der Waals surface area contributed by atoms with Crippen LogP contribution in [0.2, 0.25) is 0 Å². The molecule has 5 heteroatoms. The van der Waals surface area contributed by atoms with Crippen LogP contribution in [0.15, 0.2) is 29.3 Å². The van der Waals surface area contributed by atoms with E-state index in [1.165, 1.54) is 11.8 Å². The van der Waals surface area contributed by atoms with Crippen LogP contribution in [0, 0.1) is 29.6 Å². The molecule has 1 aliphatic rings. The lowest BCUT2D eigenvalue weighted by Crippen LogP contribution is -2.01. The van der Waals surface area contributed by atoms with Crippen molar-refractivity contribution in [1.82, 2.24) is 9.97 Å². The zero-order chi connectivity index (χ0) is 15.5. The molecule has 0 aliphatic heterocycles. The number of aromatic nitrogens is 2. The third-order valence-corrected chi connectivity index (χ3v) is 4.61. The Balaban J connectivity index is 1.85. The van der Waals surface area contributed by atoms with E-state index in [0.717, 1.165) is 34.9 Å². The third kappa shape index (κ3) is 3.10. The molecule has 2 aromatic rings. The van der Waals surface area contributed by atoms with Crippen LogP contribution in [-0.2, 0) is 5.75 Å². The first kappa shape index (κ1) is 14.6. The Morgan fingerprint density at radius 1 is 1.23 bits per heavy atom. The number of thioether (sulfide) groups is 1. The lowest BCUT2D eigenvalue weighted by atomic mass is 10.2. The highest BCUT2D eigenvalue weighted by Gasteiger charge is 2.28. The van der Waals surface area contributed by atoms with Crippen LogP contribution in [0.5, 0.6) is 0 Å². The molecule has 1 heterocycles. The summed E-state index contributed by atoms with van der Waals surface area (Å²) in [7, 11) is 0. The van der Waals surface area contributed by atoms with Crippen molar-refractivity contribution in [1.29, 1.82) is 10.5 Å². The predicted octanol–water partition coefficient (Wildman–Crippen LogP) is 3.70. The Hall–Kier alpha value is -2.37. The summed E-state index contributed by atoms with van der Waals surface area (Å²) < 4.78 is 0. The molecule has 4 nitrogen and oxygen atoms in total. The molecule has 0 amide bonds. The van der Waals surface area contributed by atoms with Gasteiger partial charge in [-0.3, -0.25) is 0 Å². The lowest BCUT2D eigenvalue weighted by Gasteiger charge is -2.08.